The second kappa shape index (κ2) is 9.88. The smallest absolute Gasteiger partial charge is 0.240 e. The van der Waals surface area contributed by atoms with Crippen molar-refractivity contribution in [3.05, 3.63) is 54.6 Å². The van der Waals surface area contributed by atoms with Crippen LogP contribution in [0.2, 0.25) is 0 Å². The van der Waals surface area contributed by atoms with Gasteiger partial charge in [-0.1, -0.05) is 31.0 Å². The van der Waals surface area contributed by atoms with E-state index in [1.165, 1.54) is 25.7 Å². The number of sulfonamides is 1. The van der Waals surface area contributed by atoms with Crippen molar-refractivity contribution in [3.8, 4) is 11.5 Å². The lowest BCUT2D eigenvalue weighted by molar-refractivity contribution is 0.282. The molecule has 0 spiro atoms. The van der Waals surface area contributed by atoms with Crippen LogP contribution in [-0.4, -0.2) is 39.5 Å². The van der Waals surface area contributed by atoms with Gasteiger partial charge in [-0.15, -0.1) is 0 Å². The van der Waals surface area contributed by atoms with Crippen LogP contribution in [0.1, 0.15) is 32.1 Å². The molecule has 27 heavy (non-hydrogen) atoms. The first-order chi connectivity index (χ1) is 13.1. The van der Waals surface area contributed by atoms with Crippen LogP contribution in [0.15, 0.2) is 59.5 Å². The van der Waals surface area contributed by atoms with E-state index in [4.69, 9.17) is 4.74 Å². The Morgan fingerprint density at radius 2 is 1.48 bits per heavy atom. The van der Waals surface area contributed by atoms with Crippen LogP contribution in [0.5, 0.6) is 11.5 Å². The highest BCUT2D eigenvalue weighted by Crippen LogP contribution is 2.22. The van der Waals surface area contributed by atoms with E-state index in [1.54, 1.807) is 24.3 Å². The Morgan fingerprint density at radius 3 is 2.15 bits per heavy atom. The number of hydrogen-bond acceptors (Lipinski definition) is 4. The number of nitrogens with one attached hydrogen (secondary N) is 1. The van der Waals surface area contributed by atoms with E-state index in [1.807, 2.05) is 30.3 Å². The molecule has 0 radical (unpaired) electrons. The van der Waals surface area contributed by atoms with Crippen LogP contribution < -0.4 is 9.46 Å². The SMILES string of the molecule is O=S(=O)(NCCCN1CCCCCC1)c1ccc(Oc2ccccc2)cc1. The molecule has 146 valence electrons. The van der Waals surface area contributed by atoms with Gasteiger partial charge in [0.15, 0.2) is 0 Å². The Hall–Kier alpha value is -1.89. The molecule has 1 saturated heterocycles. The molecule has 0 atom stereocenters. The Bertz CT molecular complexity index is 784. The summed E-state index contributed by atoms with van der Waals surface area (Å²) in [7, 11) is -3.48. The standard InChI is InChI=1S/C21H28N2O3S/c24-27(25,22-15-8-18-23-16-6-1-2-7-17-23)21-13-11-20(12-14-21)26-19-9-4-3-5-10-19/h3-5,9-14,22H,1-2,6-8,15-18H2. The molecule has 2 aromatic rings. The Labute approximate surface area is 162 Å². The van der Waals surface area contributed by atoms with Gasteiger partial charge in [0, 0.05) is 6.54 Å². The molecule has 6 heteroatoms. The zero-order valence-electron chi connectivity index (χ0n) is 15.6. The third-order valence-corrected chi connectivity index (χ3v) is 6.23. The summed E-state index contributed by atoms with van der Waals surface area (Å²) in [5, 5.41) is 0. The van der Waals surface area contributed by atoms with Crippen LogP contribution in [-0.2, 0) is 10.0 Å². The number of rotatable bonds is 8. The predicted molar refractivity (Wildman–Crippen MR) is 108 cm³/mol. The van der Waals surface area contributed by atoms with Gasteiger partial charge in [0.1, 0.15) is 11.5 Å². The molecular formula is C21H28N2O3S. The number of para-hydroxylation sites is 1. The maximum atomic E-state index is 12.4. The number of ether oxygens (including phenoxy) is 1. The topological polar surface area (TPSA) is 58.6 Å². The van der Waals surface area contributed by atoms with Crippen molar-refractivity contribution in [2.45, 2.75) is 37.0 Å². The molecule has 1 N–H and O–H groups in total. The lowest BCUT2D eigenvalue weighted by Crippen LogP contribution is -2.30. The number of likely N-dealkylation sites (tertiary alicyclic amines) is 1. The highest BCUT2D eigenvalue weighted by Gasteiger charge is 2.14. The summed E-state index contributed by atoms with van der Waals surface area (Å²) in [4.78, 5) is 2.70. The average Bonchev–Trinajstić information content (AvgIpc) is 2.95. The normalized spacial score (nSPS) is 16.0. The van der Waals surface area contributed by atoms with Gasteiger partial charge < -0.3 is 9.64 Å². The van der Waals surface area contributed by atoms with Gasteiger partial charge in [0.05, 0.1) is 4.90 Å². The lowest BCUT2D eigenvalue weighted by Gasteiger charge is -2.19. The molecule has 1 aliphatic rings. The fourth-order valence-electron chi connectivity index (χ4n) is 3.26. The van der Waals surface area contributed by atoms with Crippen molar-refractivity contribution in [2.24, 2.45) is 0 Å². The summed E-state index contributed by atoms with van der Waals surface area (Å²) in [5.41, 5.74) is 0. The zero-order chi connectivity index (χ0) is 19.0. The van der Waals surface area contributed by atoms with Crippen molar-refractivity contribution < 1.29 is 13.2 Å². The molecule has 3 rings (SSSR count). The van der Waals surface area contributed by atoms with Crippen molar-refractivity contribution in [1.82, 2.24) is 9.62 Å². The quantitative estimate of drug-likeness (QED) is 0.694. The van der Waals surface area contributed by atoms with Crippen LogP contribution in [0.3, 0.4) is 0 Å². The molecule has 1 fully saturated rings. The molecule has 1 aliphatic heterocycles. The highest BCUT2D eigenvalue weighted by atomic mass is 32.2. The fourth-order valence-corrected chi connectivity index (χ4v) is 4.34. The van der Waals surface area contributed by atoms with Crippen molar-refractivity contribution in [3.63, 3.8) is 0 Å². The van der Waals surface area contributed by atoms with E-state index in [9.17, 15) is 8.42 Å². The summed E-state index contributed by atoms with van der Waals surface area (Å²) in [5.74, 6) is 1.33. The van der Waals surface area contributed by atoms with Gasteiger partial charge in [-0.3, -0.25) is 0 Å². The first kappa shape index (κ1) is 19.9. The van der Waals surface area contributed by atoms with Crippen molar-refractivity contribution >= 4 is 10.0 Å². The van der Waals surface area contributed by atoms with Crippen molar-refractivity contribution in [2.75, 3.05) is 26.2 Å². The largest absolute Gasteiger partial charge is 0.457 e. The van der Waals surface area contributed by atoms with E-state index in [2.05, 4.69) is 9.62 Å². The summed E-state index contributed by atoms with van der Waals surface area (Å²) in [6.45, 7) is 3.68. The predicted octanol–water partition coefficient (Wildman–Crippen LogP) is 4.02. The van der Waals surface area contributed by atoms with Gasteiger partial charge in [-0.2, -0.15) is 0 Å². The van der Waals surface area contributed by atoms with Crippen LogP contribution in [0.4, 0.5) is 0 Å². The van der Waals surface area contributed by atoms with Crippen LogP contribution >= 0.6 is 0 Å². The average molecular weight is 389 g/mol. The Morgan fingerprint density at radius 1 is 0.852 bits per heavy atom. The molecule has 1 heterocycles. The molecule has 0 amide bonds. The van der Waals surface area contributed by atoms with E-state index in [0.717, 1.165) is 31.8 Å². The van der Waals surface area contributed by atoms with E-state index in [-0.39, 0.29) is 4.90 Å². The summed E-state index contributed by atoms with van der Waals surface area (Å²) < 4.78 is 33.3. The maximum absolute atomic E-state index is 12.4. The maximum Gasteiger partial charge on any atom is 0.240 e. The van der Waals surface area contributed by atoms with Crippen molar-refractivity contribution in [1.29, 1.82) is 0 Å². The van der Waals surface area contributed by atoms with Gasteiger partial charge in [0.2, 0.25) is 10.0 Å². The van der Waals surface area contributed by atoms with E-state index >= 15 is 0 Å². The van der Waals surface area contributed by atoms with Gasteiger partial charge in [0.25, 0.3) is 0 Å². The third-order valence-electron chi connectivity index (χ3n) is 4.75. The summed E-state index contributed by atoms with van der Waals surface area (Å²) >= 11 is 0. The third kappa shape index (κ3) is 6.34. The minimum Gasteiger partial charge on any atom is -0.457 e. The molecule has 2 aromatic carbocycles. The highest BCUT2D eigenvalue weighted by molar-refractivity contribution is 7.89. The number of nitrogens with zero attached hydrogens (tertiary/aromatic N) is 1. The van der Waals surface area contributed by atoms with E-state index < -0.39 is 10.0 Å². The molecule has 5 nitrogen and oxygen atoms in total. The van der Waals surface area contributed by atoms with Gasteiger partial charge in [-0.05, 0) is 75.3 Å². The molecule has 0 unspecified atom stereocenters. The Kier molecular flexibility index (Phi) is 7.26. The zero-order valence-corrected chi connectivity index (χ0v) is 16.5. The van der Waals surface area contributed by atoms with Gasteiger partial charge >= 0.3 is 0 Å². The molecule has 0 bridgehead atoms. The Balaban J connectivity index is 1.47. The first-order valence-corrected chi connectivity index (χ1v) is 11.2. The monoisotopic (exact) mass is 388 g/mol. The number of hydrogen-bond donors (Lipinski definition) is 1. The molecule has 0 aliphatic carbocycles. The fraction of sp³-hybridized carbons (Fsp3) is 0.429. The molecular weight excluding hydrogens is 360 g/mol. The van der Waals surface area contributed by atoms with E-state index in [0.29, 0.717) is 12.3 Å². The van der Waals surface area contributed by atoms with Crippen LogP contribution in [0, 0.1) is 0 Å². The second-order valence-corrected chi connectivity index (χ2v) is 8.66. The molecule has 0 aromatic heterocycles. The second-order valence-electron chi connectivity index (χ2n) is 6.89. The molecule has 0 saturated carbocycles. The minimum atomic E-state index is -3.48. The van der Waals surface area contributed by atoms with Crippen LogP contribution in [0.25, 0.3) is 0 Å². The first-order valence-electron chi connectivity index (χ1n) is 9.68. The number of benzene rings is 2. The summed E-state index contributed by atoms with van der Waals surface area (Å²) in [6.07, 6.45) is 5.96. The summed E-state index contributed by atoms with van der Waals surface area (Å²) in [6, 6.07) is 15.9. The minimum absolute atomic E-state index is 0.262. The van der Waals surface area contributed by atoms with Gasteiger partial charge in [-0.25, -0.2) is 13.1 Å². The lowest BCUT2D eigenvalue weighted by atomic mass is 10.2.